The maximum absolute atomic E-state index is 12.6. The van der Waals surface area contributed by atoms with Gasteiger partial charge in [0.1, 0.15) is 11.2 Å². The van der Waals surface area contributed by atoms with Crippen LogP contribution in [0.3, 0.4) is 0 Å². The average Bonchev–Trinajstić information content (AvgIpc) is 3.09. The number of rotatable bonds is 5. The molecule has 0 saturated carbocycles. The van der Waals surface area contributed by atoms with E-state index in [1.54, 1.807) is 39.6 Å². The fraction of sp³-hybridized carbons (Fsp3) is 0.812. The van der Waals surface area contributed by atoms with Crippen molar-refractivity contribution in [3.05, 3.63) is 0 Å². The average molecular weight is 326 g/mol. The van der Waals surface area contributed by atoms with Crippen molar-refractivity contribution in [1.29, 1.82) is 0 Å². The first-order chi connectivity index (χ1) is 10.5. The first-order valence-corrected chi connectivity index (χ1v) is 7.94. The molecule has 130 valence electrons. The summed E-state index contributed by atoms with van der Waals surface area (Å²) in [5, 5.41) is 2.62. The van der Waals surface area contributed by atoms with Gasteiger partial charge in [-0.05, 0) is 40.5 Å². The summed E-state index contributed by atoms with van der Waals surface area (Å²) in [7, 11) is 1.74. The van der Waals surface area contributed by atoms with Crippen molar-refractivity contribution in [1.82, 2.24) is 10.2 Å². The number of nitrogens with zero attached hydrogens (tertiary/aromatic N) is 1. The molecule has 2 aliphatic heterocycles. The highest BCUT2D eigenvalue weighted by Crippen LogP contribution is 2.31. The number of amides is 2. The van der Waals surface area contributed by atoms with Crippen LogP contribution in [0, 0.1) is 5.92 Å². The summed E-state index contributed by atoms with van der Waals surface area (Å²) >= 11 is 0. The number of carbonyl (C=O) groups is 3. The van der Waals surface area contributed by atoms with Crippen molar-refractivity contribution in [3.8, 4) is 0 Å². The maximum Gasteiger partial charge on any atom is 0.408 e. The van der Waals surface area contributed by atoms with Gasteiger partial charge in [0.2, 0.25) is 5.91 Å². The Bertz CT molecular complexity index is 507. The molecule has 1 unspecified atom stereocenters. The molecule has 0 aromatic rings. The summed E-state index contributed by atoms with van der Waals surface area (Å²) in [4.78, 5) is 38.3. The quantitative estimate of drug-likeness (QED) is 0.765. The highest BCUT2D eigenvalue weighted by atomic mass is 16.6. The highest BCUT2D eigenvalue weighted by Gasteiger charge is 2.51. The molecular formula is C16H26N2O5. The predicted molar refractivity (Wildman–Crippen MR) is 82.9 cm³/mol. The van der Waals surface area contributed by atoms with Gasteiger partial charge in [-0.25, -0.2) is 4.79 Å². The van der Waals surface area contributed by atoms with Crippen LogP contribution in [0.2, 0.25) is 0 Å². The Balaban J connectivity index is 2.05. The molecule has 0 aliphatic carbocycles. The van der Waals surface area contributed by atoms with Crippen LogP contribution in [0.4, 0.5) is 4.79 Å². The molecule has 0 aromatic carbocycles. The second-order valence-corrected chi connectivity index (χ2v) is 7.56. The zero-order chi connectivity index (χ0) is 17.4. The van der Waals surface area contributed by atoms with Gasteiger partial charge < -0.3 is 19.7 Å². The molecule has 2 saturated heterocycles. The lowest BCUT2D eigenvalue weighted by molar-refractivity contribution is -0.131. The number of alkyl carbamates (subject to hydrolysis) is 1. The number of likely N-dealkylation sites (tertiary alicyclic amines) is 1. The van der Waals surface area contributed by atoms with Gasteiger partial charge in [-0.15, -0.1) is 0 Å². The molecule has 0 aromatic heterocycles. The van der Waals surface area contributed by atoms with Crippen molar-refractivity contribution < 1.29 is 23.9 Å². The summed E-state index contributed by atoms with van der Waals surface area (Å²) in [6, 6.07) is -0.780. The van der Waals surface area contributed by atoms with Gasteiger partial charge in [-0.2, -0.15) is 0 Å². The Hall–Kier alpha value is -1.63. The standard InChI is InChI=1S/C16H26N2O5/c1-15(2,3)23-14(21)17-11(12(19)16(4)9-22-16)8-10-6-7-18(5)13(10)20/h10-11H,6-9H2,1-5H3,(H,17,21)/t10?,11-,16+/m0/s1. The third-order valence-electron chi connectivity index (χ3n) is 4.16. The Kier molecular flexibility index (Phi) is 4.71. The molecule has 7 heteroatoms. The minimum absolute atomic E-state index is 0.00987. The molecule has 0 spiro atoms. The van der Waals surface area contributed by atoms with E-state index in [9.17, 15) is 14.4 Å². The Morgan fingerprint density at radius 3 is 2.52 bits per heavy atom. The van der Waals surface area contributed by atoms with Gasteiger partial charge in [-0.1, -0.05) is 0 Å². The van der Waals surface area contributed by atoms with Gasteiger partial charge >= 0.3 is 6.09 Å². The first kappa shape index (κ1) is 17.7. The predicted octanol–water partition coefficient (Wildman–Crippen LogP) is 1.11. The van der Waals surface area contributed by atoms with Gasteiger partial charge in [0, 0.05) is 19.5 Å². The van der Waals surface area contributed by atoms with Crippen LogP contribution < -0.4 is 5.32 Å². The molecule has 2 amide bonds. The van der Waals surface area contributed by atoms with Crippen LogP contribution in [-0.4, -0.2) is 60.1 Å². The maximum atomic E-state index is 12.6. The Morgan fingerprint density at radius 1 is 1.48 bits per heavy atom. The van der Waals surface area contributed by atoms with Gasteiger partial charge in [0.15, 0.2) is 5.78 Å². The molecule has 7 nitrogen and oxygen atoms in total. The molecule has 3 atom stereocenters. The SMILES string of the molecule is CN1CCC(C[C@H](NC(=O)OC(C)(C)C)C(=O)[C@@]2(C)CO2)C1=O. The van der Waals surface area contributed by atoms with Crippen molar-refractivity contribution in [2.75, 3.05) is 20.2 Å². The zero-order valence-corrected chi connectivity index (χ0v) is 14.5. The fourth-order valence-corrected chi connectivity index (χ4v) is 2.70. The Morgan fingerprint density at radius 2 is 2.09 bits per heavy atom. The summed E-state index contributed by atoms with van der Waals surface area (Å²) in [5.74, 6) is -0.451. The molecular weight excluding hydrogens is 300 g/mol. The first-order valence-electron chi connectivity index (χ1n) is 7.94. The number of ether oxygens (including phenoxy) is 2. The van der Waals surface area contributed by atoms with Gasteiger partial charge in [0.05, 0.1) is 12.6 Å². The van der Waals surface area contributed by atoms with Crippen LogP contribution in [0.25, 0.3) is 0 Å². The fourth-order valence-electron chi connectivity index (χ4n) is 2.70. The van der Waals surface area contributed by atoms with E-state index in [2.05, 4.69) is 5.32 Å². The normalized spacial score (nSPS) is 28.5. The van der Waals surface area contributed by atoms with Crippen LogP contribution >= 0.6 is 0 Å². The third kappa shape index (κ3) is 4.43. The van der Waals surface area contributed by atoms with E-state index in [4.69, 9.17) is 9.47 Å². The van der Waals surface area contributed by atoms with E-state index in [0.717, 1.165) is 0 Å². The van der Waals surface area contributed by atoms with Crippen LogP contribution in [0.5, 0.6) is 0 Å². The number of hydrogen-bond donors (Lipinski definition) is 1. The van der Waals surface area contributed by atoms with E-state index in [1.165, 1.54) is 0 Å². The van der Waals surface area contributed by atoms with Crippen molar-refractivity contribution >= 4 is 17.8 Å². The van der Waals surface area contributed by atoms with E-state index in [-0.39, 0.29) is 24.0 Å². The molecule has 0 radical (unpaired) electrons. The van der Waals surface area contributed by atoms with Gasteiger partial charge in [-0.3, -0.25) is 9.59 Å². The number of epoxide rings is 1. The second kappa shape index (κ2) is 6.11. The molecule has 2 rings (SSSR count). The minimum Gasteiger partial charge on any atom is -0.444 e. The van der Waals surface area contributed by atoms with Crippen molar-refractivity contribution in [3.63, 3.8) is 0 Å². The summed E-state index contributed by atoms with van der Waals surface area (Å²) in [5.41, 5.74) is -1.51. The van der Waals surface area contributed by atoms with Crippen LogP contribution in [0.1, 0.15) is 40.5 Å². The molecule has 2 aliphatic rings. The zero-order valence-electron chi connectivity index (χ0n) is 14.5. The molecule has 0 bridgehead atoms. The smallest absolute Gasteiger partial charge is 0.408 e. The largest absolute Gasteiger partial charge is 0.444 e. The second-order valence-electron chi connectivity index (χ2n) is 7.56. The Labute approximate surface area is 136 Å². The molecule has 1 N–H and O–H groups in total. The number of Topliss-reactive ketones (excluding diaryl/α,β-unsaturated/α-hetero) is 1. The van der Waals surface area contributed by atoms with Crippen LogP contribution in [0.15, 0.2) is 0 Å². The topological polar surface area (TPSA) is 88.2 Å². The van der Waals surface area contributed by atoms with Crippen molar-refractivity contribution in [2.45, 2.75) is 57.8 Å². The summed E-state index contributed by atoms with van der Waals surface area (Å²) < 4.78 is 10.4. The van der Waals surface area contributed by atoms with E-state index in [1.807, 2.05) is 0 Å². The van der Waals surface area contributed by atoms with E-state index < -0.39 is 23.3 Å². The summed E-state index contributed by atoms with van der Waals surface area (Å²) in [6.07, 6.45) is 0.311. The molecule has 23 heavy (non-hydrogen) atoms. The lowest BCUT2D eigenvalue weighted by Crippen LogP contribution is -2.49. The number of ketones is 1. The number of hydrogen-bond acceptors (Lipinski definition) is 5. The van der Waals surface area contributed by atoms with Crippen LogP contribution in [-0.2, 0) is 19.1 Å². The highest BCUT2D eigenvalue weighted by molar-refractivity contribution is 5.96. The van der Waals surface area contributed by atoms with E-state index >= 15 is 0 Å². The van der Waals surface area contributed by atoms with Crippen molar-refractivity contribution in [2.24, 2.45) is 5.92 Å². The van der Waals surface area contributed by atoms with Gasteiger partial charge in [0.25, 0.3) is 0 Å². The molecule has 2 fully saturated rings. The lowest BCUT2D eigenvalue weighted by Gasteiger charge is -2.25. The molecule has 2 heterocycles. The monoisotopic (exact) mass is 326 g/mol. The van der Waals surface area contributed by atoms with E-state index in [0.29, 0.717) is 19.6 Å². The lowest BCUT2D eigenvalue weighted by atomic mass is 9.91. The third-order valence-corrected chi connectivity index (χ3v) is 4.16. The number of carbonyl (C=O) groups excluding carboxylic acids is 3. The summed E-state index contributed by atoms with van der Waals surface area (Å²) in [6.45, 7) is 7.97. The minimum atomic E-state index is -0.854. The number of nitrogens with one attached hydrogen (secondary N) is 1.